The number of aromatic nitrogens is 1. The van der Waals surface area contributed by atoms with E-state index < -0.39 is 18.6 Å². The van der Waals surface area contributed by atoms with Crippen molar-refractivity contribution in [1.29, 1.82) is 0 Å². The maximum atomic E-state index is 12.4. The van der Waals surface area contributed by atoms with Crippen molar-refractivity contribution in [3.05, 3.63) is 11.1 Å². The van der Waals surface area contributed by atoms with Gasteiger partial charge in [-0.15, -0.1) is 11.3 Å². The zero-order chi connectivity index (χ0) is 13.3. The number of thiazole rings is 1. The zero-order valence-electron chi connectivity index (χ0n) is 9.41. The highest BCUT2D eigenvalue weighted by Gasteiger charge is 2.40. The number of amides is 1. The highest BCUT2D eigenvalue weighted by atomic mass is 32.1. The molecule has 18 heavy (non-hydrogen) atoms. The molecule has 0 aliphatic heterocycles. The van der Waals surface area contributed by atoms with E-state index in [2.05, 4.69) is 4.98 Å². The highest BCUT2D eigenvalue weighted by molar-refractivity contribution is 7.13. The van der Waals surface area contributed by atoms with E-state index in [1.54, 1.807) is 5.38 Å². The maximum absolute atomic E-state index is 12.4. The molecule has 4 nitrogen and oxygen atoms in total. The molecule has 100 valence electrons. The van der Waals surface area contributed by atoms with Gasteiger partial charge in [-0.05, 0) is 12.8 Å². The van der Waals surface area contributed by atoms with E-state index in [9.17, 15) is 18.0 Å². The molecule has 1 aliphatic rings. The molecule has 0 atom stereocenters. The van der Waals surface area contributed by atoms with Gasteiger partial charge in [0.15, 0.2) is 5.13 Å². The molecule has 0 radical (unpaired) electrons. The van der Waals surface area contributed by atoms with Gasteiger partial charge >= 0.3 is 6.18 Å². The Labute approximate surface area is 106 Å². The molecule has 0 aromatic carbocycles. The van der Waals surface area contributed by atoms with Gasteiger partial charge in [-0.2, -0.15) is 13.2 Å². The molecule has 1 saturated carbocycles. The molecule has 1 heterocycles. The number of carbonyl (C=O) groups is 1. The quantitative estimate of drug-likeness (QED) is 0.914. The first-order valence-electron chi connectivity index (χ1n) is 5.41. The fraction of sp³-hybridized carbons (Fsp3) is 0.600. The maximum Gasteiger partial charge on any atom is 0.406 e. The fourth-order valence-electron chi connectivity index (χ4n) is 1.66. The van der Waals surface area contributed by atoms with Crippen LogP contribution >= 0.6 is 11.3 Å². The van der Waals surface area contributed by atoms with E-state index in [0.717, 1.165) is 4.90 Å². The molecule has 8 heteroatoms. The average Bonchev–Trinajstić information content (AvgIpc) is 2.99. The van der Waals surface area contributed by atoms with Gasteiger partial charge in [-0.1, -0.05) is 0 Å². The number of rotatable bonds is 4. The average molecular weight is 279 g/mol. The van der Waals surface area contributed by atoms with Crippen molar-refractivity contribution in [2.24, 2.45) is 0 Å². The number of hydrogen-bond donors (Lipinski definition) is 1. The Kier molecular flexibility index (Phi) is 3.47. The molecule has 1 aliphatic carbocycles. The predicted molar refractivity (Wildman–Crippen MR) is 61.0 cm³/mol. The van der Waals surface area contributed by atoms with E-state index in [1.807, 2.05) is 0 Å². The van der Waals surface area contributed by atoms with Crippen LogP contribution in [0.4, 0.5) is 18.3 Å². The number of halogens is 3. The lowest BCUT2D eigenvalue weighted by atomic mass is 10.3. The summed E-state index contributed by atoms with van der Waals surface area (Å²) in [5.74, 6) is -0.542. The minimum Gasteiger partial charge on any atom is -0.375 e. The molecule has 2 rings (SSSR count). The molecule has 0 spiro atoms. The summed E-state index contributed by atoms with van der Waals surface area (Å²) in [4.78, 5) is 16.6. The van der Waals surface area contributed by atoms with Crippen molar-refractivity contribution in [1.82, 2.24) is 9.88 Å². The van der Waals surface area contributed by atoms with E-state index in [1.165, 1.54) is 11.3 Å². The number of nitrogens with zero attached hydrogens (tertiary/aromatic N) is 2. The van der Waals surface area contributed by atoms with Gasteiger partial charge in [0.05, 0.1) is 12.1 Å². The van der Waals surface area contributed by atoms with E-state index in [0.29, 0.717) is 23.7 Å². The van der Waals surface area contributed by atoms with Crippen molar-refractivity contribution in [3.63, 3.8) is 0 Å². The molecule has 0 saturated heterocycles. The van der Waals surface area contributed by atoms with Crippen molar-refractivity contribution in [2.75, 3.05) is 12.3 Å². The number of carbonyl (C=O) groups excluding carboxylic acids is 1. The summed E-state index contributed by atoms with van der Waals surface area (Å²) in [5.41, 5.74) is 5.83. The molecule has 1 aromatic rings. The van der Waals surface area contributed by atoms with Gasteiger partial charge in [-0.25, -0.2) is 4.98 Å². The van der Waals surface area contributed by atoms with Crippen molar-refractivity contribution >= 4 is 22.4 Å². The van der Waals surface area contributed by atoms with Crippen molar-refractivity contribution in [2.45, 2.75) is 31.5 Å². The fourth-order valence-corrected chi connectivity index (χ4v) is 2.22. The Bertz CT molecular complexity index is 442. The van der Waals surface area contributed by atoms with Crippen LogP contribution in [-0.2, 0) is 11.2 Å². The third-order valence-electron chi connectivity index (χ3n) is 2.56. The van der Waals surface area contributed by atoms with Crippen LogP contribution in [-0.4, -0.2) is 34.6 Å². The normalized spacial score (nSPS) is 15.7. The molecule has 0 bridgehead atoms. The van der Waals surface area contributed by atoms with Crippen LogP contribution < -0.4 is 5.73 Å². The summed E-state index contributed by atoms with van der Waals surface area (Å²) in [6, 6.07) is -0.268. The largest absolute Gasteiger partial charge is 0.406 e. The highest BCUT2D eigenvalue weighted by Crippen LogP contribution is 2.30. The Morgan fingerprint density at radius 2 is 2.22 bits per heavy atom. The van der Waals surface area contributed by atoms with Crippen LogP contribution in [0.5, 0.6) is 0 Å². The number of anilines is 1. The van der Waals surface area contributed by atoms with Crippen LogP contribution in [0.3, 0.4) is 0 Å². The van der Waals surface area contributed by atoms with Crippen LogP contribution in [0.25, 0.3) is 0 Å². The van der Waals surface area contributed by atoms with E-state index in [4.69, 9.17) is 5.73 Å². The third-order valence-corrected chi connectivity index (χ3v) is 3.28. The van der Waals surface area contributed by atoms with Gasteiger partial charge < -0.3 is 10.6 Å². The second kappa shape index (κ2) is 4.75. The first-order valence-corrected chi connectivity index (χ1v) is 6.29. The molecular formula is C10H12F3N3OS. The van der Waals surface area contributed by atoms with Gasteiger partial charge in [-0.3, -0.25) is 4.79 Å². The lowest BCUT2D eigenvalue weighted by Gasteiger charge is -2.23. The number of hydrogen-bond acceptors (Lipinski definition) is 4. The van der Waals surface area contributed by atoms with Gasteiger partial charge in [0, 0.05) is 11.4 Å². The zero-order valence-corrected chi connectivity index (χ0v) is 10.2. The van der Waals surface area contributed by atoms with Crippen LogP contribution in [0.15, 0.2) is 5.38 Å². The Hall–Kier alpha value is -1.31. The van der Waals surface area contributed by atoms with Crippen molar-refractivity contribution in [3.8, 4) is 0 Å². The van der Waals surface area contributed by atoms with Crippen LogP contribution in [0.2, 0.25) is 0 Å². The number of nitrogens with two attached hydrogens (primary N) is 1. The Morgan fingerprint density at radius 1 is 1.56 bits per heavy atom. The summed E-state index contributed by atoms with van der Waals surface area (Å²) < 4.78 is 37.1. The Balaban J connectivity index is 2.00. The first kappa shape index (κ1) is 13.1. The SMILES string of the molecule is Nc1nc(CC(=O)N(CC(F)(F)F)C2CC2)cs1. The lowest BCUT2D eigenvalue weighted by molar-refractivity contribution is -0.162. The number of nitrogen functional groups attached to an aromatic ring is 1. The molecule has 0 unspecified atom stereocenters. The second-order valence-corrected chi connectivity index (χ2v) is 5.11. The topological polar surface area (TPSA) is 59.2 Å². The predicted octanol–water partition coefficient (Wildman–Crippen LogP) is 1.82. The molecular weight excluding hydrogens is 267 g/mol. The van der Waals surface area contributed by atoms with Gasteiger partial charge in [0.2, 0.25) is 5.91 Å². The van der Waals surface area contributed by atoms with Crippen LogP contribution in [0.1, 0.15) is 18.5 Å². The van der Waals surface area contributed by atoms with E-state index >= 15 is 0 Å². The van der Waals surface area contributed by atoms with Gasteiger partial charge in [0.25, 0.3) is 0 Å². The summed E-state index contributed by atoms with van der Waals surface area (Å²) in [7, 11) is 0. The first-order chi connectivity index (χ1) is 8.35. The summed E-state index contributed by atoms with van der Waals surface area (Å²) >= 11 is 1.17. The molecule has 1 fully saturated rings. The Morgan fingerprint density at radius 3 is 2.67 bits per heavy atom. The van der Waals surface area contributed by atoms with Crippen molar-refractivity contribution < 1.29 is 18.0 Å². The third kappa shape index (κ3) is 3.59. The van der Waals surface area contributed by atoms with Crippen LogP contribution in [0, 0.1) is 0 Å². The second-order valence-electron chi connectivity index (χ2n) is 4.22. The molecule has 1 amide bonds. The van der Waals surface area contributed by atoms with E-state index in [-0.39, 0.29) is 12.5 Å². The molecule has 2 N–H and O–H groups in total. The monoisotopic (exact) mass is 279 g/mol. The minimum atomic E-state index is -4.36. The molecule has 1 aromatic heterocycles. The summed E-state index contributed by atoms with van der Waals surface area (Å²) in [6.45, 7) is -1.18. The summed E-state index contributed by atoms with van der Waals surface area (Å²) in [6.07, 6.45) is -3.21. The summed E-state index contributed by atoms with van der Waals surface area (Å²) in [5, 5.41) is 1.90. The minimum absolute atomic E-state index is 0.125. The lowest BCUT2D eigenvalue weighted by Crippen LogP contribution is -2.41. The van der Waals surface area contributed by atoms with Gasteiger partial charge in [0.1, 0.15) is 6.54 Å². The smallest absolute Gasteiger partial charge is 0.375 e. The standard InChI is InChI=1S/C10H12F3N3OS/c11-10(12,13)5-16(7-1-2-7)8(17)3-6-4-18-9(14)15-6/h4,7H,1-3,5H2,(H2,14,15). The number of alkyl halides is 3.